The molecule has 4 aromatic rings. The van der Waals surface area contributed by atoms with E-state index in [2.05, 4.69) is 22.4 Å². The predicted molar refractivity (Wildman–Crippen MR) is 159 cm³/mol. The highest BCUT2D eigenvalue weighted by Gasteiger charge is 2.25. The van der Waals surface area contributed by atoms with E-state index in [4.69, 9.17) is 32.7 Å². The van der Waals surface area contributed by atoms with Crippen molar-refractivity contribution in [2.45, 2.75) is 45.8 Å². The van der Waals surface area contributed by atoms with Crippen molar-refractivity contribution in [3.63, 3.8) is 0 Å². The monoisotopic (exact) mass is 598 g/mol. The van der Waals surface area contributed by atoms with Gasteiger partial charge in [-0.1, -0.05) is 36.2 Å². The number of carbonyl (C=O) groups excluding carboxylic acids is 1. The van der Waals surface area contributed by atoms with Crippen molar-refractivity contribution < 1.29 is 14.3 Å². The number of rotatable bonds is 8. The first-order chi connectivity index (χ1) is 19.3. The Bertz CT molecular complexity index is 1650. The lowest BCUT2D eigenvalue weighted by molar-refractivity contribution is -0.123. The Morgan fingerprint density at radius 1 is 1.27 bits per heavy atom. The van der Waals surface area contributed by atoms with Crippen molar-refractivity contribution in [2.75, 3.05) is 7.11 Å². The summed E-state index contributed by atoms with van der Waals surface area (Å²) in [6.07, 6.45) is 5.81. The molecular formula is C29H28Cl2N4O4S. The van der Waals surface area contributed by atoms with Crippen LogP contribution in [0.4, 0.5) is 0 Å². The fraction of sp³-hybridized carbons (Fsp3) is 0.310. The molecule has 0 radical (unpaired) electrons. The lowest BCUT2D eigenvalue weighted by Crippen LogP contribution is -2.34. The average molecular weight is 600 g/mol. The van der Waals surface area contributed by atoms with E-state index < -0.39 is 11.9 Å². The number of nitrogens with one attached hydrogen (secondary N) is 1. The van der Waals surface area contributed by atoms with Gasteiger partial charge in [-0.2, -0.15) is 5.10 Å². The first kappa shape index (κ1) is 28.1. The number of carbonyl (C=O) groups is 1. The first-order valence-corrected chi connectivity index (χ1v) is 14.4. The van der Waals surface area contributed by atoms with Crippen molar-refractivity contribution in [3.8, 4) is 11.5 Å². The van der Waals surface area contributed by atoms with Gasteiger partial charge < -0.3 is 9.47 Å². The number of aryl methyl sites for hydroxylation is 1. The zero-order valence-corrected chi connectivity index (χ0v) is 24.6. The van der Waals surface area contributed by atoms with Gasteiger partial charge >= 0.3 is 0 Å². The smallest absolute Gasteiger partial charge is 0.263 e. The van der Waals surface area contributed by atoms with Crippen LogP contribution in [-0.2, 0) is 24.2 Å². The fourth-order valence-corrected chi connectivity index (χ4v) is 6.56. The van der Waals surface area contributed by atoms with E-state index in [1.807, 2.05) is 0 Å². The van der Waals surface area contributed by atoms with Gasteiger partial charge in [-0.15, -0.1) is 11.3 Å². The predicted octanol–water partition coefficient (Wildman–Crippen LogP) is 6.19. The van der Waals surface area contributed by atoms with E-state index in [0.29, 0.717) is 44.0 Å². The van der Waals surface area contributed by atoms with Crippen LogP contribution in [0.5, 0.6) is 11.5 Å². The molecular weight excluding hydrogens is 571 g/mol. The maximum absolute atomic E-state index is 13.3. The topological polar surface area (TPSA) is 94.8 Å². The highest BCUT2D eigenvalue weighted by Crippen LogP contribution is 2.36. The number of hydrogen-bond acceptors (Lipinski definition) is 7. The van der Waals surface area contributed by atoms with Crippen molar-refractivity contribution in [2.24, 2.45) is 11.0 Å². The van der Waals surface area contributed by atoms with Crippen LogP contribution < -0.4 is 20.5 Å². The number of halogens is 2. The normalized spacial score (nSPS) is 15.7. The Balaban J connectivity index is 1.26. The minimum atomic E-state index is -0.790. The summed E-state index contributed by atoms with van der Waals surface area (Å²) in [5.74, 6) is 1.15. The van der Waals surface area contributed by atoms with Crippen LogP contribution in [0.25, 0.3) is 10.2 Å². The molecule has 0 saturated heterocycles. The number of ether oxygens (including phenoxy) is 2. The van der Waals surface area contributed by atoms with Gasteiger partial charge in [0.25, 0.3) is 11.5 Å². The van der Waals surface area contributed by atoms with E-state index in [9.17, 15) is 9.59 Å². The molecule has 0 saturated carbocycles. The Morgan fingerprint density at radius 2 is 2.05 bits per heavy atom. The summed E-state index contributed by atoms with van der Waals surface area (Å²) in [4.78, 5) is 32.7. The molecule has 0 bridgehead atoms. The number of methoxy groups -OCH3 is 1. The second kappa shape index (κ2) is 12.0. The largest absolute Gasteiger partial charge is 0.493 e. The van der Waals surface area contributed by atoms with Gasteiger partial charge in [0.2, 0.25) is 0 Å². The van der Waals surface area contributed by atoms with E-state index in [0.717, 1.165) is 29.7 Å². The molecule has 2 atom stereocenters. The number of nitrogens with zero attached hydrogens (tertiary/aromatic N) is 3. The van der Waals surface area contributed by atoms with Crippen LogP contribution in [0.2, 0.25) is 10.0 Å². The van der Waals surface area contributed by atoms with E-state index in [1.54, 1.807) is 54.7 Å². The molecule has 1 N–H and O–H groups in total. The zero-order valence-electron chi connectivity index (χ0n) is 22.2. The molecule has 1 aliphatic carbocycles. The molecule has 1 amide bonds. The lowest BCUT2D eigenvalue weighted by Gasteiger charge is -2.18. The van der Waals surface area contributed by atoms with Crippen molar-refractivity contribution in [3.05, 3.63) is 84.7 Å². The summed E-state index contributed by atoms with van der Waals surface area (Å²) in [6, 6.07) is 9.71. The van der Waals surface area contributed by atoms with Crippen LogP contribution >= 0.6 is 34.5 Å². The Labute approximate surface area is 245 Å². The maximum Gasteiger partial charge on any atom is 0.263 e. The molecule has 0 unspecified atom stereocenters. The molecule has 5 rings (SSSR count). The molecule has 11 heteroatoms. The number of aromatic nitrogens is 2. The van der Waals surface area contributed by atoms with Crippen LogP contribution in [-0.4, -0.2) is 28.8 Å². The van der Waals surface area contributed by atoms with Crippen LogP contribution in [0.15, 0.2) is 52.6 Å². The quantitative estimate of drug-likeness (QED) is 0.193. The third-order valence-corrected chi connectivity index (χ3v) is 8.92. The number of hydrogen-bond donors (Lipinski definition) is 1. The van der Waals surface area contributed by atoms with Crippen molar-refractivity contribution in [1.82, 2.24) is 15.0 Å². The molecule has 0 aliphatic heterocycles. The van der Waals surface area contributed by atoms with Gasteiger partial charge in [-0.25, -0.2) is 10.4 Å². The number of benzene rings is 2. The molecule has 40 heavy (non-hydrogen) atoms. The molecule has 2 heterocycles. The van der Waals surface area contributed by atoms with Gasteiger partial charge in [0, 0.05) is 20.5 Å². The summed E-state index contributed by atoms with van der Waals surface area (Å²) in [7, 11) is 1.53. The summed E-state index contributed by atoms with van der Waals surface area (Å²) >= 11 is 14.0. The summed E-state index contributed by atoms with van der Waals surface area (Å²) in [6.45, 7) is 4.05. The zero-order chi connectivity index (χ0) is 28.4. The molecule has 208 valence electrons. The molecule has 0 spiro atoms. The highest BCUT2D eigenvalue weighted by atomic mass is 35.5. The molecule has 2 aromatic heterocycles. The van der Waals surface area contributed by atoms with E-state index in [1.165, 1.54) is 29.1 Å². The summed E-state index contributed by atoms with van der Waals surface area (Å²) in [5, 5.41) is 5.76. The van der Waals surface area contributed by atoms with Gasteiger partial charge in [-0.05, 0) is 73.6 Å². The Kier molecular flexibility index (Phi) is 8.44. The number of thiophene rings is 1. The minimum absolute atomic E-state index is 0.170. The van der Waals surface area contributed by atoms with Gasteiger partial charge in [-0.3, -0.25) is 14.2 Å². The van der Waals surface area contributed by atoms with Crippen LogP contribution in [0.3, 0.4) is 0 Å². The first-order valence-electron chi connectivity index (χ1n) is 12.8. The average Bonchev–Trinajstić information content (AvgIpc) is 3.31. The van der Waals surface area contributed by atoms with Crippen LogP contribution in [0, 0.1) is 5.92 Å². The number of fused-ring (bicyclic) bond motifs is 3. The lowest BCUT2D eigenvalue weighted by atomic mass is 9.89. The number of hydrazone groups is 1. The van der Waals surface area contributed by atoms with Crippen LogP contribution in [0.1, 0.15) is 47.9 Å². The fourth-order valence-electron chi connectivity index (χ4n) is 4.71. The van der Waals surface area contributed by atoms with Gasteiger partial charge in [0.15, 0.2) is 11.5 Å². The Morgan fingerprint density at radius 3 is 2.80 bits per heavy atom. The standard InChI is InChI=1S/C29H28Cl2N4O4S/c1-16-7-9-19-25(11-16)40-28-26(19)29(37)35(15-32-28)17(2)27(36)34-33-13-18-8-10-23(24(12-18)38-3)39-14-20-21(30)5-4-6-22(20)31/h4-6,8,10,12-13,15-17H,7,9,11,14H2,1-3H3,(H,34,36)/b33-13-/t16-,17+/m1/s1. The number of amides is 1. The molecule has 1 aliphatic rings. The van der Waals surface area contributed by atoms with Gasteiger partial charge in [0.1, 0.15) is 17.5 Å². The molecule has 0 fully saturated rings. The Hall–Kier alpha value is -3.40. The van der Waals surface area contributed by atoms with Gasteiger partial charge in [0.05, 0.1) is 25.0 Å². The SMILES string of the molecule is COc1cc(/C=N\NC(=O)[C@H](C)n2cnc3sc4c(c3c2=O)CC[C@@H](C)C4)ccc1OCc1c(Cl)cccc1Cl. The summed E-state index contributed by atoms with van der Waals surface area (Å²) in [5.41, 5.74) is 4.77. The third kappa shape index (κ3) is 5.73. The van der Waals surface area contributed by atoms with Crippen molar-refractivity contribution >= 4 is 56.9 Å². The molecule has 2 aromatic carbocycles. The summed E-state index contributed by atoms with van der Waals surface area (Å²) < 4.78 is 12.7. The molecule has 8 nitrogen and oxygen atoms in total. The second-order valence-corrected chi connectivity index (χ2v) is 11.7. The minimum Gasteiger partial charge on any atom is -0.493 e. The maximum atomic E-state index is 13.3. The van der Waals surface area contributed by atoms with E-state index in [-0.39, 0.29) is 12.2 Å². The third-order valence-electron chi connectivity index (χ3n) is 7.05. The second-order valence-electron chi connectivity index (χ2n) is 9.80. The van der Waals surface area contributed by atoms with E-state index >= 15 is 0 Å². The van der Waals surface area contributed by atoms with Crippen molar-refractivity contribution in [1.29, 1.82) is 0 Å². The highest BCUT2D eigenvalue weighted by molar-refractivity contribution is 7.18.